The number of benzene rings is 2. The summed E-state index contributed by atoms with van der Waals surface area (Å²) >= 11 is 0. The van der Waals surface area contributed by atoms with Crippen LogP contribution in [0.15, 0.2) is 60.8 Å². The number of alkyl carbamates (subject to hydrolysis) is 1. The Kier molecular flexibility index (Phi) is 9.69. The first-order valence-corrected chi connectivity index (χ1v) is 13.8. The van der Waals surface area contributed by atoms with Crippen molar-refractivity contribution >= 4 is 34.6 Å². The van der Waals surface area contributed by atoms with Crippen molar-refractivity contribution in [3.05, 3.63) is 66.4 Å². The molecule has 3 aromatic rings. The molecule has 1 saturated heterocycles. The van der Waals surface area contributed by atoms with E-state index in [1.807, 2.05) is 24.3 Å². The Morgan fingerprint density at radius 2 is 1.84 bits per heavy atom. The van der Waals surface area contributed by atoms with Crippen molar-refractivity contribution < 1.29 is 38.1 Å². The molecule has 2 aromatic carbocycles. The van der Waals surface area contributed by atoms with E-state index < -0.39 is 54.1 Å². The molecule has 1 fully saturated rings. The lowest BCUT2D eigenvalue weighted by atomic mass is 10.1. The molecule has 43 heavy (non-hydrogen) atoms. The van der Waals surface area contributed by atoms with E-state index in [-0.39, 0.29) is 19.6 Å². The van der Waals surface area contributed by atoms with Gasteiger partial charge in [0, 0.05) is 18.0 Å². The normalized spacial score (nSPS) is 17.2. The van der Waals surface area contributed by atoms with Crippen molar-refractivity contribution in [3.63, 3.8) is 0 Å². The van der Waals surface area contributed by atoms with Gasteiger partial charge in [-0.1, -0.05) is 30.3 Å². The summed E-state index contributed by atoms with van der Waals surface area (Å²) in [6.45, 7) is 4.95. The number of likely N-dealkylation sites (tertiary alicyclic amines) is 1. The molecule has 1 aromatic heterocycles. The van der Waals surface area contributed by atoms with E-state index in [1.165, 1.54) is 4.90 Å². The number of carbonyl (C=O) groups excluding carboxylic acids is 4. The van der Waals surface area contributed by atoms with E-state index >= 15 is 0 Å². The van der Waals surface area contributed by atoms with Crippen LogP contribution in [0.5, 0.6) is 11.6 Å². The number of amides is 3. The Hall–Kier alpha value is -4.87. The van der Waals surface area contributed by atoms with Crippen molar-refractivity contribution in [2.24, 2.45) is 5.73 Å². The van der Waals surface area contributed by atoms with Crippen molar-refractivity contribution in [2.75, 3.05) is 13.7 Å². The van der Waals surface area contributed by atoms with Crippen LogP contribution in [0, 0.1) is 0 Å². The van der Waals surface area contributed by atoms with Crippen LogP contribution >= 0.6 is 0 Å². The summed E-state index contributed by atoms with van der Waals surface area (Å²) in [5.41, 5.74) is 5.58. The average Bonchev–Trinajstić information content (AvgIpc) is 3.39. The summed E-state index contributed by atoms with van der Waals surface area (Å²) < 4.78 is 22.1. The Bertz CT molecular complexity index is 1470. The fraction of sp³-hybridized carbons (Fsp3) is 0.387. The van der Waals surface area contributed by atoms with Gasteiger partial charge in [-0.05, 0) is 56.0 Å². The smallest absolute Gasteiger partial charge is 0.408 e. The molecule has 3 N–H and O–H groups in total. The quantitative estimate of drug-likeness (QED) is 0.337. The molecule has 0 saturated carbocycles. The van der Waals surface area contributed by atoms with E-state index in [9.17, 15) is 19.2 Å². The highest BCUT2D eigenvalue weighted by molar-refractivity contribution is 5.94. The van der Waals surface area contributed by atoms with Crippen molar-refractivity contribution in [1.82, 2.24) is 15.2 Å². The Morgan fingerprint density at radius 1 is 1.09 bits per heavy atom. The standard InChI is InChI=1S/C31H36N4O8/c1-31(2,3)43-30(39)34-24(16-26(36)41-18-19-8-6-5-7-9-19)29(38)35-17-22(15-25(35)27(32)37)42-28-23-11-10-21(40-4)14-20(23)12-13-33-28/h5-14,22,24-25H,15-18H2,1-4H3,(H2,32,37)(H,34,39)/t22-,24+,25+/m1/s1. The number of pyridine rings is 1. The molecule has 12 heteroatoms. The van der Waals surface area contributed by atoms with Gasteiger partial charge in [0.05, 0.1) is 20.1 Å². The first-order chi connectivity index (χ1) is 20.4. The monoisotopic (exact) mass is 592 g/mol. The minimum atomic E-state index is -1.39. The van der Waals surface area contributed by atoms with Crippen LogP contribution in [-0.4, -0.2) is 71.2 Å². The van der Waals surface area contributed by atoms with Crippen LogP contribution in [0.3, 0.4) is 0 Å². The van der Waals surface area contributed by atoms with E-state index in [0.29, 0.717) is 17.0 Å². The molecule has 1 aliphatic rings. The Balaban J connectivity index is 1.52. The summed E-state index contributed by atoms with van der Waals surface area (Å²) in [4.78, 5) is 57.3. The lowest BCUT2D eigenvalue weighted by Crippen LogP contribution is -2.54. The van der Waals surface area contributed by atoms with Crippen LogP contribution in [-0.2, 0) is 30.5 Å². The zero-order valence-corrected chi connectivity index (χ0v) is 24.6. The third-order valence-electron chi connectivity index (χ3n) is 6.69. The molecule has 0 spiro atoms. The van der Waals surface area contributed by atoms with Gasteiger partial charge < -0.3 is 34.9 Å². The van der Waals surface area contributed by atoms with E-state index in [1.54, 1.807) is 64.4 Å². The van der Waals surface area contributed by atoms with Gasteiger partial charge in [-0.25, -0.2) is 9.78 Å². The first-order valence-electron chi connectivity index (χ1n) is 13.8. The summed E-state index contributed by atoms with van der Waals surface area (Å²) in [5, 5.41) is 4.02. The summed E-state index contributed by atoms with van der Waals surface area (Å²) in [6.07, 6.45) is -0.367. The number of nitrogens with zero attached hydrogens (tertiary/aromatic N) is 2. The van der Waals surface area contributed by atoms with Crippen molar-refractivity contribution in [3.8, 4) is 11.6 Å². The van der Waals surface area contributed by atoms with E-state index in [0.717, 1.165) is 10.9 Å². The van der Waals surface area contributed by atoms with Crippen LogP contribution in [0.2, 0.25) is 0 Å². The van der Waals surface area contributed by atoms with Gasteiger partial charge in [-0.15, -0.1) is 0 Å². The minimum absolute atomic E-state index is 0.0134. The zero-order chi connectivity index (χ0) is 31.1. The maximum absolute atomic E-state index is 13.8. The third-order valence-corrected chi connectivity index (χ3v) is 6.69. The second-order valence-electron chi connectivity index (χ2n) is 11.1. The van der Waals surface area contributed by atoms with Gasteiger partial charge in [-0.2, -0.15) is 0 Å². The highest BCUT2D eigenvalue weighted by atomic mass is 16.6. The molecule has 4 rings (SSSR count). The maximum Gasteiger partial charge on any atom is 0.408 e. The summed E-state index contributed by atoms with van der Waals surface area (Å²) in [5.74, 6) is -1.19. The number of nitrogens with two attached hydrogens (primary N) is 1. The molecule has 3 amide bonds. The van der Waals surface area contributed by atoms with Gasteiger partial charge in [0.1, 0.15) is 36.1 Å². The molecular formula is C31H36N4O8. The second-order valence-corrected chi connectivity index (χ2v) is 11.1. The Labute approximate surface area is 249 Å². The number of aromatic nitrogens is 1. The first kappa shape index (κ1) is 31.1. The second kappa shape index (κ2) is 13.4. The summed E-state index contributed by atoms with van der Waals surface area (Å²) in [7, 11) is 1.57. The predicted molar refractivity (Wildman–Crippen MR) is 156 cm³/mol. The molecule has 0 aliphatic carbocycles. The van der Waals surface area contributed by atoms with E-state index in [2.05, 4.69) is 10.3 Å². The molecular weight excluding hydrogens is 556 g/mol. The number of hydrogen-bond acceptors (Lipinski definition) is 9. The van der Waals surface area contributed by atoms with Crippen LogP contribution in [0.25, 0.3) is 10.8 Å². The fourth-order valence-electron chi connectivity index (χ4n) is 4.72. The molecule has 12 nitrogen and oxygen atoms in total. The lowest BCUT2D eigenvalue weighted by Gasteiger charge is -2.28. The van der Waals surface area contributed by atoms with Crippen molar-refractivity contribution in [2.45, 2.75) is 64.0 Å². The molecule has 0 unspecified atom stereocenters. The summed E-state index contributed by atoms with van der Waals surface area (Å²) in [6, 6.07) is 13.8. The fourth-order valence-corrected chi connectivity index (χ4v) is 4.72. The average molecular weight is 593 g/mol. The van der Waals surface area contributed by atoms with Gasteiger partial charge >= 0.3 is 12.1 Å². The number of rotatable bonds is 10. The van der Waals surface area contributed by atoms with Crippen LogP contribution < -0.4 is 20.5 Å². The number of hydrogen-bond donors (Lipinski definition) is 2. The number of ether oxygens (including phenoxy) is 4. The molecule has 2 heterocycles. The highest BCUT2D eigenvalue weighted by Gasteiger charge is 2.43. The SMILES string of the molecule is COc1ccc2c(O[C@@H]3C[C@@H](C(N)=O)N(C(=O)[C@H](CC(=O)OCc4ccccc4)NC(=O)OC(C)(C)C)C3)nccc2c1. The lowest BCUT2D eigenvalue weighted by molar-refractivity contribution is -0.149. The third kappa shape index (κ3) is 8.34. The van der Waals surface area contributed by atoms with Crippen LogP contribution in [0.1, 0.15) is 39.2 Å². The van der Waals surface area contributed by atoms with E-state index in [4.69, 9.17) is 24.7 Å². The molecule has 228 valence electrons. The highest BCUT2D eigenvalue weighted by Crippen LogP contribution is 2.30. The number of nitrogens with one attached hydrogen (secondary N) is 1. The number of methoxy groups -OCH3 is 1. The zero-order valence-electron chi connectivity index (χ0n) is 24.6. The van der Waals surface area contributed by atoms with Crippen LogP contribution in [0.4, 0.5) is 4.79 Å². The van der Waals surface area contributed by atoms with Gasteiger partial charge in [0.15, 0.2) is 0 Å². The largest absolute Gasteiger partial charge is 0.497 e. The van der Waals surface area contributed by atoms with Gasteiger partial charge in [-0.3, -0.25) is 14.4 Å². The van der Waals surface area contributed by atoms with Gasteiger partial charge in [0.25, 0.3) is 0 Å². The molecule has 1 aliphatic heterocycles. The predicted octanol–water partition coefficient (Wildman–Crippen LogP) is 3.10. The molecule has 0 radical (unpaired) electrons. The Morgan fingerprint density at radius 3 is 2.51 bits per heavy atom. The maximum atomic E-state index is 13.8. The number of carbonyl (C=O) groups is 4. The number of esters is 1. The van der Waals surface area contributed by atoms with Crippen molar-refractivity contribution in [1.29, 1.82) is 0 Å². The number of fused-ring (bicyclic) bond motifs is 1. The van der Waals surface area contributed by atoms with Gasteiger partial charge in [0.2, 0.25) is 17.7 Å². The molecule has 0 bridgehead atoms. The topological polar surface area (TPSA) is 159 Å². The minimum Gasteiger partial charge on any atom is -0.497 e. The molecule has 3 atom stereocenters. The number of primary amides is 1.